The highest BCUT2D eigenvalue weighted by Gasteiger charge is 2.10. The van der Waals surface area contributed by atoms with Crippen molar-refractivity contribution in [3.05, 3.63) is 72.3 Å². The van der Waals surface area contributed by atoms with Gasteiger partial charge in [0.25, 0.3) is 0 Å². The molecule has 0 unspecified atom stereocenters. The van der Waals surface area contributed by atoms with E-state index in [1.807, 2.05) is 0 Å². The Morgan fingerprint density at radius 2 is 1.04 bits per heavy atom. The number of phenolic OH excluding ortho intramolecular Hbond substituents is 2. The van der Waals surface area contributed by atoms with Crippen LogP contribution in [-0.2, 0) is 0 Å². The van der Waals surface area contributed by atoms with Crippen molar-refractivity contribution in [1.82, 2.24) is 0 Å². The van der Waals surface area contributed by atoms with E-state index in [4.69, 9.17) is 9.47 Å². The number of rotatable bonds is 5. The molecular formula is C19H14O6. The van der Waals surface area contributed by atoms with Gasteiger partial charge >= 0.3 is 5.97 Å². The second-order valence-electron chi connectivity index (χ2n) is 5.19. The van der Waals surface area contributed by atoms with E-state index in [0.717, 1.165) is 0 Å². The van der Waals surface area contributed by atoms with Crippen LogP contribution in [0.25, 0.3) is 0 Å². The van der Waals surface area contributed by atoms with E-state index in [9.17, 15) is 20.1 Å². The van der Waals surface area contributed by atoms with Crippen molar-refractivity contribution >= 4 is 5.97 Å². The van der Waals surface area contributed by atoms with Gasteiger partial charge in [0.15, 0.2) is 0 Å². The van der Waals surface area contributed by atoms with Gasteiger partial charge in [-0.05, 0) is 60.7 Å². The van der Waals surface area contributed by atoms with Gasteiger partial charge in [-0.1, -0.05) is 0 Å². The van der Waals surface area contributed by atoms with Crippen LogP contribution in [0.1, 0.15) is 10.4 Å². The monoisotopic (exact) mass is 338 g/mol. The van der Waals surface area contributed by atoms with E-state index < -0.39 is 5.97 Å². The van der Waals surface area contributed by atoms with Crippen LogP contribution in [0.3, 0.4) is 0 Å². The van der Waals surface area contributed by atoms with Crippen LogP contribution in [0.15, 0.2) is 66.7 Å². The predicted octanol–water partition coefficient (Wildman–Crippen LogP) is 4.38. The van der Waals surface area contributed by atoms with Crippen LogP contribution >= 0.6 is 0 Å². The van der Waals surface area contributed by atoms with Crippen LogP contribution in [-0.4, -0.2) is 21.3 Å². The number of hydrogen-bond acceptors (Lipinski definition) is 5. The molecule has 6 heteroatoms. The molecule has 0 aliphatic heterocycles. The lowest BCUT2D eigenvalue weighted by Gasteiger charge is -2.11. The number of benzene rings is 3. The summed E-state index contributed by atoms with van der Waals surface area (Å²) in [5, 5.41) is 27.9. The van der Waals surface area contributed by atoms with E-state index in [1.165, 1.54) is 36.4 Å². The number of carboxylic acids is 1. The first-order valence-electron chi connectivity index (χ1n) is 7.32. The second kappa shape index (κ2) is 6.84. The molecule has 3 N–H and O–H groups in total. The number of aromatic hydroxyl groups is 2. The Morgan fingerprint density at radius 1 is 0.640 bits per heavy atom. The smallest absolute Gasteiger partial charge is 0.335 e. The van der Waals surface area contributed by atoms with Crippen molar-refractivity contribution in [2.75, 3.05) is 0 Å². The summed E-state index contributed by atoms with van der Waals surface area (Å²) in [4.78, 5) is 11.3. The molecule has 3 aromatic rings. The molecule has 126 valence electrons. The van der Waals surface area contributed by atoms with Gasteiger partial charge in [0.1, 0.15) is 34.5 Å². The maximum Gasteiger partial charge on any atom is 0.335 e. The van der Waals surface area contributed by atoms with Crippen molar-refractivity contribution < 1.29 is 29.6 Å². The maximum atomic E-state index is 11.3. The number of phenols is 2. The molecule has 0 amide bonds. The lowest BCUT2D eigenvalue weighted by Crippen LogP contribution is -1.98. The molecule has 0 radical (unpaired) electrons. The molecule has 0 aliphatic rings. The molecule has 0 bridgehead atoms. The third-order valence-electron chi connectivity index (χ3n) is 3.27. The van der Waals surface area contributed by atoms with Gasteiger partial charge in [0.2, 0.25) is 0 Å². The van der Waals surface area contributed by atoms with E-state index in [-0.39, 0.29) is 28.6 Å². The minimum atomic E-state index is -1.12. The average molecular weight is 338 g/mol. The Balaban J connectivity index is 1.89. The SMILES string of the molecule is O=C(O)c1cc(Oc2ccc(O)cc2)cc(Oc2ccc(O)cc2)c1. The summed E-state index contributed by atoms with van der Waals surface area (Å²) >= 11 is 0. The van der Waals surface area contributed by atoms with Gasteiger partial charge in [0.05, 0.1) is 5.56 Å². The number of carbonyl (C=O) groups is 1. The highest BCUT2D eigenvalue weighted by molar-refractivity contribution is 5.88. The summed E-state index contributed by atoms with van der Waals surface area (Å²) in [7, 11) is 0. The Labute approximate surface area is 143 Å². The zero-order valence-electron chi connectivity index (χ0n) is 12.9. The Bertz CT molecular complexity index is 819. The summed E-state index contributed by atoms with van der Waals surface area (Å²) in [5.74, 6) is 0.517. The molecular weight excluding hydrogens is 324 g/mol. The number of hydrogen-bond donors (Lipinski definition) is 3. The van der Waals surface area contributed by atoms with E-state index in [0.29, 0.717) is 11.5 Å². The molecule has 0 fully saturated rings. The predicted molar refractivity (Wildman–Crippen MR) is 89.8 cm³/mol. The topological polar surface area (TPSA) is 96.2 Å². The zero-order chi connectivity index (χ0) is 17.8. The standard InChI is InChI=1S/C19H14O6/c20-13-1-5-15(6-2-13)24-17-9-12(19(22)23)10-18(11-17)25-16-7-3-14(21)4-8-16/h1-11,20-21H,(H,22,23). The first kappa shape index (κ1) is 16.2. The lowest BCUT2D eigenvalue weighted by molar-refractivity contribution is 0.0696. The second-order valence-corrected chi connectivity index (χ2v) is 5.19. The van der Waals surface area contributed by atoms with Crippen molar-refractivity contribution in [3.63, 3.8) is 0 Å². The van der Waals surface area contributed by atoms with E-state index in [2.05, 4.69) is 0 Å². The van der Waals surface area contributed by atoms with Crippen molar-refractivity contribution in [1.29, 1.82) is 0 Å². The largest absolute Gasteiger partial charge is 0.508 e. The highest BCUT2D eigenvalue weighted by atomic mass is 16.5. The summed E-state index contributed by atoms with van der Waals surface area (Å²) in [6.45, 7) is 0. The zero-order valence-corrected chi connectivity index (χ0v) is 12.9. The number of aromatic carboxylic acids is 1. The average Bonchev–Trinajstić information content (AvgIpc) is 2.59. The Morgan fingerprint density at radius 3 is 1.40 bits per heavy atom. The summed E-state index contributed by atoms with van der Waals surface area (Å²) in [6, 6.07) is 16.4. The molecule has 0 atom stereocenters. The first-order valence-corrected chi connectivity index (χ1v) is 7.32. The van der Waals surface area contributed by atoms with Crippen LogP contribution in [0.2, 0.25) is 0 Å². The quantitative estimate of drug-likeness (QED) is 0.639. The maximum absolute atomic E-state index is 11.3. The fraction of sp³-hybridized carbons (Fsp3) is 0. The molecule has 3 aromatic carbocycles. The van der Waals surface area contributed by atoms with Crippen molar-refractivity contribution in [2.45, 2.75) is 0 Å². The molecule has 6 nitrogen and oxygen atoms in total. The number of ether oxygens (including phenoxy) is 2. The molecule has 0 saturated heterocycles. The van der Waals surface area contributed by atoms with E-state index in [1.54, 1.807) is 30.3 Å². The van der Waals surface area contributed by atoms with Gasteiger partial charge < -0.3 is 24.8 Å². The van der Waals surface area contributed by atoms with Crippen LogP contribution < -0.4 is 9.47 Å². The molecule has 0 saturated carbocycles. The van der Waals surface area contributed by atoms with Gasteiger partial charge in [-0.3, -0.25) is 0 Å². The van der Waals surface area contributed by atoms with Crippen LogP contribution in [0.4, 0.5) is 0 Å². The lowest BCUT2D eigenvalue weighted by atomic mass is 10.2. The number of carboxylic acid groups (broad SMARTS) is 1. The van der Waals surface area contributed by atoms with Crippen LogP contribution in [0, 0.1) is 0 Å². The van der Waals surface area contributed by atoms with Crippen molar-refractivity contribution in [3.8, 4) is 34.5 Å². The highest BCUT2D eigenvalue weighted by Crippen LogP contribution is 2.31. The van der Waals surface area contributed by atoms with Gasteiger partial charge in [-0.15, -0.1) is 0 Å². The Hall–Kier alpha value is -3.67. The normalized spacial score (nSPS) is 10.2. The van der Waals surface area contributed by atoms with Crippen LogP contribution in [0.5, 0.6) is 34.5 Å². The fourth-order valence-electron chi connectivity index (χ4n) is 2.11. The third kappa shape index (κ3) is 4.20. The van der Waals surface area contributed by atoms with Crippen molar-refractivity contribution in [2.24, 2.45) is 0 Å². The third-order valence-corrected chi connectivity index (χ3v) is 3.27. The summed E-state index contributed by atoms with van der Waals surface area (Å²) in [6.07, 6.45) is 0. The fourth-order valence-corrected chi connectivity index (χ4v) is 2.11. The summed E-state index contributed by atoms with van der Waals surface area (Å²) in [5.41, 5.74) is 0.00468. The Kier molecular flexibility index (Phi) is 4.43. The van der Waals surface area contributed by atoms with Gasteiger partial charge in [-0.25, -0.2) is 4.79 Å². The van der Waals surface area contributed by atoms with Gasteiger partial charge in [0, 0.05) is 6.07 Å². The minimum Gasteiger partial charge on any atom is -0.508 e. The minimum absolute atomic E-state index is 0.00468. The summed E-state index contributed by atoms with van der Waals surface area (Å²) < 4.78 is 11.3. The molecule has 3 rings (SSSR count). The van der Waals surface area contributed by atoms with Gasteiger partial charge in [-0.2, -0.15) is 0 Å². The molecule has 0 spiro atoms. The first-order chi connectivity index (χ1) is 12.0. The molecule has 25 heavy (non-hydrogen) atoms. The van der Waals surface area contributed by atoms with E-state index >= 15 is 0 Å². The molecule has 0 heterocycles. The molecule has 0 aromatic heterocycles. The molecule has 0 aliphatic carbocycles.